The van der Waals surface area contributed by atoms with E-state index in [1.807, 2.05) is 11.8 Å². The van der Waals surface area contributed by atoms with Gasteiger partial charge in [0.1, 0.15) is 0 Å². The van der Waals surface area contributed by atoms with Crippen LogP contribution in [-0.2, 0) is 10.0 Å². The van der Waals surface area contributed by atoms with Gasteiger partial charge < -0.3 is 10.2 Å². The molecule has 1 aliphatic rings. The van der Waals surface area contributed by atoms with Gasteiger partial charge in [-0.1, -0.05) is 6.92 Å². The van der Waals surface area contributed by atoms with Crippen molar-refractivity contribution in [3.05, 3.63) is 18.5 Å². The Bertz CT molecular complexity index is 500. The highest BCUT2D eigenvalue weighted by Gasteiger charge is 2.27. The third-order valence-electron chi connectivity index (χ3n) is 3.25. The standard InChI is InChI=1S/C12H21N5O2S/c1-2-13-6-11-20(18,19)17-9-7-16(8-10-17)12-14-4-3-5-15-12/h3-5,13H,2,6-11H2,1H3. The third-order valence-corrected chi connectivity index (χ3v) is 5.13. The van der Waals surface area contributed by atoms with Crippen LogP contribution >= 0.6 is 0 Å². The molecule has 0 aromatic carbocycles. The minimum atomic E-state index is -3.16. The zero-order chi connectivity index (χ0) is 14.4. The number of anilines is 1. The summed E-state index contributed by atoms with van der Waals surface area (Å²) >= 11 is 0. The first-order valence-corrected chi connectivity index (χ1v) is 8.45. The molecule has 1 N–H and O–H groups in total. The van der Waals surface area contributed by atoms with Gasteiger partial charge in [0.15, 0.2) is 0 Å². The Morgan fingerprint density at radius 2 is 1.85 bits per heavy atom. The van der Waals surface area contributed by atoms with E-state index < -0.39 is 10.0 Å². The molecule has 2 heterocycles. The lowest BCUT2D eigenvalue weighted by Gasteiger charge is -2.33. The van der Waals surface area contributed by atoms with Gasteiger partial charge in [0, 0.05) is 45.1 Å². The molecule has 2 rings (SSSR count). The number of piperazine rings is 1. The number of hydrogen-bond acceptors (Lipinski definition) is 6. The van der Waals surface area contributed by atoms with E-state index in [2.05, 4.69) is 15.3 Å². The van der Waals surface area contributed by atoms with Crippen LogP contribution in [0.25, 0.3) is 0 Å². The van der Waals surface area contributed by atoms with Crippen LogP contribution in [0.5, 0.6) is 0 Å². The lowest BCUT2D eigenvalue weighted by atomic mass is 10.4. The Morgan fingerprint density at radius 1 is 1.20 bits per heavy atom. The predicted molar refractivity (Wildman–Crippen MR) is 78.1 cm³/mol. The number of aromatic nitrogens is 2. The Kier molecular flexibility index (Phi) is 5.27. The summed E-state index contributed by atoms with van der Waals surface area (Å²) in [5, 5.41) is 3.04. The van der Waals surface area contributed by atoms with Gasteiger partial charge in [0.2, 0.25) is 16.0 Å². The zero-order valence-electron chi connectivity index (χ0n) is 11.7. The number of rotatable bonds is 6. The molecular formula is C12H21N5O2S. The molecule has 0 radical (unpaired) electrons. The van der Waals surface area contributed by atoms with E-state index in [4.69, 9.17) is 0 Å². The van der Waals surface area contributed by atoms with Crippen molar-refractivity contribution in [2.45, 2.75) is 6.92 Å². The highest BCUT2D eigenvalue weighted by atomic mass is 32.2. The van der Waals surface area contributed by atoms with Crippen molar-refractivity contribution in [2.75, 3.05) is 49.9 Å². The summed E-state index contributed by atoms with van der Waals surface area (Å²) < 4.78 is 25.8. The fraction of sp³-hybridized carbons (Fsp3) is 0.667. The smallest absolute Gasteiger partial charge is 0.225 e. The molecule has 0 bridgehead atoms. The molecule has 0 atom stereocenters. The van der Waals surface area contributed by atoms with Crippen molar-refractivity contribution in [3.8, 4) is 0 Å². The summed E-state index contributed by atoms with van der Waals surface area (Å²) in [6.45, 7) is 5.50. The van der Waals surface area contributed by atoms with E-state index in [9.17, 15) is 8.42 Å². The van der Waals surface area contributed by atoms with Crippen LogP contribution < -0.4 is 10.2 Å². The fourth-order valence-corrected chi connectivity index (χ4v) is 3.51. The first kappa shape index (κ1) is 15.1. The minimum absolute atomic E-state index is 0.155. The second kappa shape index (κ2) is 6.96. The Labute approximate surface area is 120 Å². The second-order valence-electron chi connectivity index (χ2n) is 4.60. The minimum Gasteiger partial charge on any atom is -0.338 e. The van der Waals surface area contributed by atoms with Crippen LogP contribution in [-0.4, -0.2) is 67.7 Å². The van der Waals surface area contributed by atoms with Crippen molar-refractivity contribution in [2.24, 2.45) is 0 Å². The summed E-state index contributed by atoms with van der Waals surface area (Å²) in [5.41, 5.74) is 0. The average Bonchev–Trinajstić information content (AvgIpc) is 2.48. The molecule has 0 amide bonds. The summed E-state index contributed by atoms with van der Waals surface area (Å²) in [4.78, 5) is 10.4. The molecule has 1 aromatic heterocycles. The van der Waals surface area contributed by atoms with E-state index in [0.717, 1.165) is 6.54 Å². The van der Waals surface area contributed by atoms with Gasteiger partial charge in [-0.15, -0.1) is 0 Å². The predicted octanol–water partition coefficient (Wildman–Crippen LogP) is -0.462. The number of hydrogen-bond donors (Lipinski definition) is 1. The highest BCUT2D eigenvalue weighted by molar-refractivity contribution is 7.89. The van der Waals surface area contributed by atoms with Crippen LogP contribution in [0.4, 0.5) is 5.95 Å². The highest BCUT2D eigenvalue weighted by Crippen LogP contribution is 2.12. The molecule has 0 unspecified atom stereocenters. The van der Waals surface area contributed by atoms with Crippen LogP contribution in [0.1, 0.15) is 6.92 Å². The summed E-state index contributed by atoms with van der Waals surface area (Å²) in [6, 6.07) is 1.77. The number of nitrogens with one attached hydrogen (secondary N) is 1. The van der Waals surface area contributed by atoms with Crippen LogP contribution in [0.3, 0.4) is 0 Å². The van der Waals surface area contributed by atoms with Gasteiger partial charge in [0.25, 0.3) is 0 Å². The zero-order valence-corrected chi connectivity index (χ0v) is 12.5. The molecule has 20 heavy (non-hydrogen) atoms. The second-order valence-corrected chi connectivity index (χ2v) is 6.69. The quantitative estimate of drug-likeness (QED) is 0.716. The van der Waals surface area contributed by atoms with E-state index in [1.165, 1.54) is 0 Å². The molecule has 1 fully saturated rings. The van der Waals surface area contributed by atoms with Crippen molar-refractivity contribution >= 4 is 16.0 Å². The van der Waals surface area contributed by atoms with Crippen molar-refractivity contribution in [1.82, 2.24) is 19.6 Å². The van der Waals surface area contributed by atoms with Crippen LogP contribution in [0, 0.1) is 0 Å². The van der Waals surface area contributed by atoms with Gasteiger partial charge in [-0.05, 0) is 12.6 Å². The normalized spacial score (nSPS) is 17.4. The van der Waals surface area contributed by atoms with E-state index >= 15 is 0 Å². The van der Waals surface area contributed by atoms with Crippen LogP contribution in [0.15, 0.2) is 18.5 Å². The molecule has 7 nitrogen and oxygen atoms in total. The van der Waals surface area contributed by atoms with E-state index in [1.54, 1.807) is 22.8 Å². The molecule has 0 spiro atoms. The van der Waals surface area contributed by atoms with E-state index in [-0.39, 0.29) is 5.75 Å². The molecule has 112 valence electrons. The van der Waals surface area contributed by atoms with Gasteiger partial charge in [-0.25, -0.2) is 18.4 Å². The molecule has 1 aliphatic heterocycles. The fourth-order valence-electron chi connectivity index (χ4n) is 2.13. The molecule has 0 aliphatic carbocycles. The molecular weight excluding hydrogens is 278 g/mol. The topological polar surface area (TPSA) is 78.4 Å². The number of sulfonamides is 1. The Balaban J connectivity index is 1.88. The SMILES string of the molecule is CCNCCS(=O)(=O)N1CCN(c2ncccn2)CC1. The van der Waals surface area contributed by atoms with Crippen molar-refractivity contribution in [1.29, 1.82) is 0 Å². The maximum atomic E-state index is 12.1. The maximum absolute atomic E-state index is 12.1. The average molecular weight is 299 g/mol. The third kappa shape index (κ3) is 3.87. The first-order valence-electron chi connectivity index (χ1n) is 6.84. The summed E-state index contributed by atoms with van der Waals surface area (Å²) in [7, 11) is -3.16. The van der Waals surface area contributed by atoms with Crippen molar-refractivity contribution < 1.29 is 8.42 Å². The summed E-state index contributed by atoms with van der Waals surface area (Å²) in [5.74, 6) is 0.820. The maximum Gasteiger partial charge on any atom is 0.225 e. The van der Waals surface area contributed by atoms with Gasteiger partial charge >= 0.3 is 0 Å². The number of nitrogens with zero attached hydrogens (tertiary/aromatic N) is 4. The lowest BCUT2D eigenvalue weighted by Crippen LogP contribution is -2.50. The molecule has 1 aromatic rings. The summed E-state index contributed by atoms with van der Waals surface area (Å²) in [6.07, 6.45) is 3.39. The van der Waals surface area contributed by atoms with E-state index in [0.29, 0.717) is 38.7 Å². The molecule has 0 saturated carbocycles. The van der Waals surface area contributed by atoms with Crippen LogP contribution in [0.2, 0.25) is 0 Å². The monoisotopic (exact) mass is 299 g/mol. The Hall–Kier alpha value is -1.25. The van der Waals surface area contributed by atoms with Gasteiger partial charge in [-0.3, -0.25) is 0 Å². The Morgan fingerprint density at radius 3 is 2.45 bits per heavy atom. The van der Waals surface area contributed by atoms with Crippen molar-refractivity contribution in [3.63, 3.8) is 0 Å². The molecule has 1 saturated heterocycles. The van der Waals surface area contributed by atoms with Gasteiger partial charge in [0.05, 0.1) is 5.75 Å². The largest absolute Gasteiger partial charge is 0.338 e. The van der Waals surface area contributed by atoms with Gasteiger partial charge in [-0.2, -0.15) is 4.31 Å². The molecule has 8 heteroatoms. The first-order chi connectivity index (χ1) is 9.63. The lowest BCUT2D eigenvalue weighted by molar-refractivity contribution is 0.382.